The lowest BCUT2D eigenvalue weighted by molar-refractivity contribution is -0.165. The zero-order valence-corrected chi connectivity index (χ0v) is 17.6. The Morgan fingerprint density at radius 2 is 1.81 bits per heavy atom. The van der Waals surface area contributed by atoms with Crippen LogP contribution in [0.1, 0.15) is 23.6 Å². The average molecular weight is 427 g/mol. The number of benzene rings is 2. The molecule has 1 amide bonds. The predicted octanol–water partition coefficient (Wildman–Crippen LogP) is 2.30. The molecule has 0 saturated heterocycles. The maximum Gasteiger partial charge on any atom is 0.355 e. The SMILES string of the molecule is CNC(=O)/C(=N/OC)c1ccccc1COC/C=N/OC(C)(C(=O)O)c1ccccc1. The monoisotopic (exact) mass is 427 g/mol. The minimum Gasteiger partial charge on any atom is -0.478 e. The van der Waals surface area contributed by atoms with Gasteiger partial charge in [-0.3, -0.25) is 4.79 Å². The van der Waals surface area contributed by atoms with Gasteiger partial charge in [0.15, 0.2) is 5.71 Å². The van der Waals surface area contributed by atoms with E-state index in [0.717, 1.165) is 5.56 Å². The number of rotatable bonds is 11. The van der Waals surface area contributed by atoms with Crippen molar-refractivity contribution >= 4 is 23.8 Å². The number of hydrogen-bond acceptors (Lipinski definition) is 7. The molecule has 2 rings (SSSR count). The fourth-order valence-corrected chi connectivity index (χ4v) is 2.67. The number of carboxylic acids is 1. The van der Waals surface area contributed by atoms with Crippen LogP contribution in [-0.4, -0.2) is 49.7 Å². The van der Waals surface area contributed by atoms with Crippen LogP contribution in [0, 0.1) is 0 Å². The Kier molecular flexibility index (Phi) is 8.71. The molecule has 0 bridgehead atoms. The number of carbonyl (C=O) groups is 2. The van der Waals surface area contributed by atoms with E-state index in [1.165, 1.54) is 27.3 Å². The summed E-state index contributed by atoms with van der Waals surface area (Å²) < 4.78 is 5.58. The molecule has 0 aliphatic carbocycles. The molecule has 2 N–H and O–H groups in total. The van der Waals surface area contributed by atoms with Crippen LogP contribution in [0.5, 0.6) is 0 Å². The second kappa shape index (κ2) is 11.5. The van der Waals surface area contributed by atoms with Crippen molar-refractivity contribution in [2.75, 3.05) is 20.8 Å². The number of amides is 1. The molecule has 0 heterocycles. The number of aliphatic carboxylic acids is 1. The lowest BCUT2D eigenvalue weighted by Crippen LogP contribution is -2.34. The van der Waals surface area contributed by atoms with Gasteiger partial charge >= 0.3 is 5.97 Å². The van der Waals surface area contributed by atoms with Gasteiger partial charge < -0.3 is 24.8 Å². The number of nitrogens with one attached hydrogen (secondary N) is 1. The van der Waals surface area contributed by atoms with Crippen molar-refractivity contribution in [2.45, 2.75) is 19.1 Å². The van der Waals surface area contributed by atoms with E-state index in [2.05, 4.69) is 15.6 Å². The summed E-state index contributed by atoms with van der Waals surface area (Å²) in [5, 5.41) is 19.6. The average Bonchev–Trinajstić information content (AvgIpc) is 2.80. The van der Waals surface area contributed by atoms with E-state index in [0.29, 0.717) is 11.1 Å². The normalized spacial score (nSPS) is 13.5. The van der Waals surface area contributed by atoms with E-state index in [4.69, 9.17) is 14.4 Å². The molecular formula is C22H25N3O6. The highest BCUT2D eigenvalue weighted by atomic mass is 16.7. The minimum atomic E-state index is -1.62. The third-order valence-electron chi connectivity index (χ3n) is 4.39. The lowest BCUT2D eigenvalue weighted by atomic mass is 9.96. The summed E-state index contributed by atoms with van der Waals surface area (Å²) in [6.45, 7) is 1.65. The molecule has 1 unspecified atom stereocenters. The van der Waals surface area contributed by atoms with Crippen LogP contribution in [0.2, 0.25) is 0 Å². The van der Waals surface area contributed by atoms with E-state index in [1.54, 1.807) is 48.5 Å². The third kappa shape index (κ3) is 6.13. The molecular weight excluding hydrogens is 402 g/mol. The van der Waals surface area contributed by atoms with Gasteiger partial charge in [-0.25, -0.2) is 4.79 Å². The van der Waals surface area contributed by atoms with Gasteiger partial charge in [0.1, 0.15) is 7.11 Å². The van der Waals surface area contributed by atoms with Crippen LogP contribution in [0.3, 0.4) is 0 Å². The summed E-state index contributed by atoms with van der Waals surface area (Å²) in [5.41, 5.74) is 0.258. The molecule has 0 aliphatic rings. The zero-order chi connectivity index (χ0) is 22.7. The first-order valence-electron chi connectivity index (χ1n) is 9.42. The van der Waals surface area contributed by atoms with Crippen molar-refractivity contribution in [1.82, 2.24) is 5.32 Å². The van der Waals surface area contributed by atoms with Crippen molar-refractivity contribution < 1.29 is 29.1 Å². The summed E-state index contributed by atoms with van der Waals surface area (Å²) in [6, 6.07) is 15.7. The predicted molar refractivity (Wildman–Crippen MR) is 115 cm³/mol. The highest BCUT2D eigenvalue weighted by molar-refractivity contribution is 6.45. The Balaban J connectivity index is 2.00. The number of likely N-dealkylation sites (N-methyl/N-ethyl adjacent to an activating group) is 1. The van der Waals surface area contributed by atoms with Crippen molar-refractivity contribution in [2.24, 2.45) is 10.3 Å². The van der Waals surface area contributed by atoms with Crippen molar-refractivity contribution in [3.8, 4) is 0 Å². The lowest BCUT2D eigenvalue weighted by Gasteiger charge is -2.22. The largest absolute Gasteiger partial charge is 0.478 e. The molecule has 2 aromatic carbocycles. The van der Waals surface area contributed by atoms with Gasteiger partial charge in [0.05, 0.1) is 19.4 Å². The maximum atomic E-state index is 12.1. The first-order valence-corrected chi connectivity index (χ1v) is 9.42. The molecule has 9 heteroatoms. The van der Waals surface area contributed by atoms with Crippen LogP contribution in [-0.2, 0) is 36.2 Å². The maximum absolute atomic E-state index is 12.1. The van der Waals surface area contributed by atoms with Gasteiger partial charge in [0.25, 0.3) is 11.5 Å². The summed E-state index contributed by atoms with van der Waals surface area (Å²) in [6.07, 6.45) is 1.33. The zero-order valence-electron chi connectivity index (χ0n) is 17.6. The summed E-state index contributed by atoms with van der Waals surface area (Å²) in [7, 11) is 2.86. The smallest absolute Gasteiger partial charge is 0.355 e. The van der Waals surface area contributed by atoms with Gasteiger partial charge in [-0.1, -0.05) is 64.9 Å². The van der Waals surface area contributed by atoms with E-state index >= 15 is 0 Å². The molecule has 0 aromatic heterocycles. The number of hydrogen-bond donors (Lipinski definition) is 2. The molecule has 31 heavy (non-hydrogen) atoms. The second-order valence-corrected chi connectivity index (χ2v) is 6.46. The van der Waals surface area contributed by atoms with Crippen LogP contribution in [0.4, 0.5) is 0 Å². The summed E-state index contributed by atoms with van der Waals surface area (Å²) in [5.74, 6) is -1.55. The standard InChI is InChI=1S/C22H25N3O6/c1-22(21(27)28,17-10-5-4-6-11-17)31-24-13-14-30-15-16-9-7-8-12-18(16)19(25-29-3)20(26)23-2/h4-13H,14-15H2,1-3H3,(H,23,26)(H,27,28)/b24-13+,25-19+. The summed E-state index contributed by atoms with van der Waals surface area (Å²) in [4.78, 5) is 33.8. The number of oxime groups is 2. The van der Waals surface area contributed by atoms with Gasteiger partial charge in [0.2, 0.25) is 0 Å². The van der Waals surface area contributed by atoms with Crippen LogP contribution < -0.4 is 5.32 Å². The van der Waals surface area contributed by atoms with E-state index in [9.17, 15) is 14.7 Å². The first kappa shape index (κ1) is 23.6. The molecule has 0 saturated carbocycles. The number of ether oxygens (including phenoxy) is 1. The van der Waals surface area contributed by atoms with E-state index in [1.807, 2.05) is 6.07 Å². The Hall–Kier alpha value is -3.72. The van der Waals surface area contributed by atoms with Gasteiger partial charge in [-0.15, -0.1) is 0 Å². The van der Waals surface area contributed by atoms with Crippen LogP contribution in [0.25, 0.3) is 0 Å². The number of carboxylic acid groups (broad SMARTS) is 1. The van der Waals surface area contributed by atoms with E-state index in [-0.39, 0.29) is 18.9 Å². The van der Waals surface area contributed by atoms with E-state index < -0.39 is 17.5 Å². The molecule has 164 valence electrons. The van der Waals surface area contributed by atoms with Crippen molar-refractivity contribution in [1.29, 1.82) is 0 Å². The fourth-order valence-electron chi connectivity index (χ4n) is 2.67. The first-order chi connectivity index (χ1) is 14.9. The highest BCUT2D eigenvalue weighted by Gasteiger charge is 2.38. The topological polar surface area (TPSA) is 119 Å². The Morgan fingerprint density at radius 1 is 1.13 bits per heavy atom. The Bertz CT molecular complexity index is 945. The van der Waals surface area contributed by atoms with Crippen LogP contribution >= 0.6 is 0 Å². The molecule has 0 spiro atoms. The third-order valence-corrected chi connectivity index (χ3v) is 4.39. The molecule has 1 atom stereocenters. The number of carbonyl (C=O) groups excluding carboxylic acids is 1. The molecule has 0 radical (unpaired) electrons. The quantitative estimate of drug-likeness (QED) is 0.323. The molecule has 9 nitrogen and oxygen atoms in total. The second-order valence-electron chi connectivity index (χ2n) is 6.46. The molecule has 0 fully saturated rings. The van der Waals surface area contributed by atoms with Crippen LogP contribution in [0.15, 0.2) is 64.9 Å². The minimum absolute atomic E-state index is 0.0650. The fraction of sp³-hybridized carbons (Fsp3) is 0.273. The highest BCUT2D eigenvalue weighted by Crippen LogP contribution is 2.25. The van der Waals surface area contributed by atoms with Gasteiger partial charge in [-0.2, -0.15) is 0 Å². The number of nitrogens with zero attached hydrogens (tertiary/aromatic N) is 2. The van der Waals surface area contributed by atoms with Crippen molar-refractivity contribution in [3.05, 3.63) is 71.3 Å². The van der Waals surface area contributed by atoms with Gasteiger partial charge in [0, 0.05) is 18.2 Å². The molecule has 0 aliphatic heterocycles. The molecule has 2 aromatic rings. The summed E-state index contributed by atoms with van der Waals surface area (Å²) >= 11 is 0. The van der Waals surface area contributed by atoms with Gasteiger partial charge in [-0.05, 0) is 12.5 Å². The Labute approximate surface area is 180 Å². The Morgan fingerprint density at radius 3 is 2.45 bits per heavy atom. The van der Waals surface area contributed by atoms with Crippen molar-refractivity contribution in [3.63, 3.8) is 0 Å².